The molecule has 0 aliphatic rings. The lowest BCUT2D eigenvalue weighted by Crippen LogP contribution is -2.44. The summed E-state index contributed by atoms with van der Waals surface area (Å²) >= 11 is 0. The fraction of sp³-hybridized carbons (Fsp3) is 0.241. The number of ether oxygens (including phenoxy) is 2. The van der Waals surface area contributed by atoms with E-state index < -0.39 is 18.1 Å². The zero-order valence-electron chi connectivity index (χ0n) is 20.4. The largest absolute Gasteiger partial charge is 0.497 e. The van der Waals surface area contributed by atoms with Gasteiger partial charge in [0.25, 0.3) is 5.91 Å². The van der Waals surface area contributed by atoms with Crippen LogP contribution in [-0.4, -0.2) is 36.2 Å². The first kappa shape index (κ1) is 24.9. The molecule has 3 atom stereocenters. The van der Waals surface area contributed by atoms with E-state index in [4.69, 9.17) is 15.2 Å². The molecule has 3 aromatic carbocycles. The van der Waals surface area contributed by atoms with E-state index in [2.05, 4.69) is 16.4 Å². The molecule has 0 aliphatic carbocycles. The van der Waals surface area contributed by atoms with E-state index >= 15 is 0 Å². The molecule has 1 aromatic heterocycles. The normalized spacial score (nSPS) is 13.5. The molecule has 0 saturated heterocycles. The molecule has 1 unspecified atom stereocenters. The third-order valence-electron chi connectivity index (χ3n) is 6.43. The van der Waals surface area contributed by atoms with E-state index in [-0.39, 0.29) is 12.0 Å². The number of primary amides is 1. The highest BCUT2D eigenvalue weighted by Crippen LogP contribution is 2.31. The number of methoxy groups -OCH3 is 1. The van der Waals surface area contributed by atoms with Crippen LogP contribution in [0.25, 0.3) is 10.9 Å². The van der Waals surface area contributed by atoms with Crippen molar-refractivity contribution in [3.8, 4) is 5.75 Å². The number of nitrogens with one attached hydrogen (secondary N) is 2. The highest BCUT2D eigenvalue weighted by molar-refractivity contribution is 5.83. The average Bonchev–Trinajstić information content (AvgIpc) is 3.30. The maximum atomic E-state index is 12.8. The minimum atomic E-state index is -1.03. The second kappa shape index (κ2) is 11.4. The molecule has 0 fully saturated rings. The number of carbonyl (C=O) groups excluding carboxylic acids is 2. The van der Waals surface area contributed by atoms with Crippen molar-refractivity contribution < 1.29 is 19.1 Å². The lowest BCUT2D eigenvalue weighted by molar-refractivity contribution is -0.125. The third kappa shape index (κ3) is 6.05. The van der Waals surface area contributed by atoms with Crippen molar-refractivity contribution in [3.05, 3.63) is 102 Å². The zero-order valence-corrected chi connectivity index (χ0v) is 20.4. The van der Waals surface area contributed by atoms with Gasteiger partial charge in [0.05, 0.1) is 7.11 Å². The Morgan fingerprint density at radius 3 is 2.33 bits per heavy atom. The van der Waals surface area contributed by atoms with Crippen molar-refractivity contribution >= 4 is 22.9 Å². The summed E-state index contributed by atoms with van der Waals surface area (Å²) in [7, 11) is 1.63. The van der Waals surface area contributed by atoms with Crippen LogP contribution in [0.1, 0.15) is 29.5 Å². The predicted molar refractivity (Wildman–Crippen MR) is 140 cm³/mol. The molecule has 0 radical (unpaired) electrons. The van der Waals surface area contributed by atoms with E-state index in [1.54, 1.807) is 7.11 Å². The van der Waals surface area contributed by atoms with Crippen LogP contribution in [0.5, 0.6) is 5.75 Å². The fourth-order valence-electron chi connectivity index (χ4n) is 4.45. The average molecular weight is 486 g/mol. The fourth-order valence-corrected chi connectivity index (χ4v) is 4.45. The molecule has 36 heavy (non-hydrogen) atoms. The Labute approximate surface area is 210 Å². The van der Waals surface area contributed by atoms with Gasteiger partial charge in [0.2, 0.25) is 0 Å². The first-order valence-electron chi connectivity index (χ1n) is 11.9. The lowest BCUT2D eigenvalue weighted by Gasteiger charge is -2.29. The molecule has 0 spiro atoms. The Hall–Kier alpha value is -4.26. The van der Waals surface area contributed by atoms with Gasteiger partial charge in [0, 0.05) is 29.1 Å². The highest BCUT2D eigenvalue weighted by Gasteiger charge is 2.28. The molecule has 7 nitrogen and oxygen atoms in total. The number of aromatic nitrogens is 1. The number of rotatable bonds is 10. The van der Waals surface area contributed by atoms with Gasteiger partial charge in [-0.15, -0.1) is 0 Å². The van der Waals surface area contributed by atoms with Crippen molar-refractivity contribution in [1.29, 1.82) is 0 Å². The van der Waals surface area contributed by atoms with Gasteiger partial charge in [-0.2, -0.15) is 0 Å². The Balaban J connectivity index is 1.71. The van der Waals surface area contributed by atoms with Crippen LogP contribution in [0, 0.1) is 0 Å². The van der Waals surface area contributed by atoms with Crippen molar-refractivity contribution in [3.63, 3.8) is 0 Å². The molecule has 0 bridgehead atoms. The van der Waals surface area contributed by atoms with Gasteiger partial charge in [-0.1, -0.05) is 60.7 Å². The first-order valence-corrected chi connectivity index (χ1v) is 11.9. The van der Waals surface area contributed by atoms with E-state index in [1.807, 2.05) is 79.0 Å². The van der Waals surface area contributed by atoms with Crippen LogP contribution in [0.2, 0.25) is 0 Å². The van der Waals surface area contributed by atoms with E-state index in [0.29, 0.717) is 12.8 Å². The van der Waals surface area contributed by atoms with Crippen molar-refractivity contribution in [2.75, 3.05) is 7.11 Å². The van der Waals surface area contributed by atoms with Gasteiger partial charge in [-0.25, -0.2) is 4.79 Å². The molecule has 4 aromatic rings. The van der Waals surface area contributed by atoms with Crippen LogP contribution >= 0.6 is 0 Å². The van der Waals surface area contributed by atoms with Crippen molar-refractivity contribution in [1.82, 2.24) is 10.3 Å². The van der Waals surface area contributed by atoms with Crippen LogP contribution in [-0.2, 0) is 22.4 Å². The predicted octanol–water partition coefficient (Wildman–Crippen LogP) is 4.71. The van der Waals surface area contributed by atoms with Gasteiger partial charge in [-0.3, -0.25) is 4.79 Å². The number of hydrogen-bond donors (Lipinski definition) is 3. The Kier molecular flexibility index (Phi) is 7.90. The number of benzene rings is 3. The van der Waals surface area contributed by atoms with Crippen LogP contribution in [0.3, 0.4) is 0 Å². The van der Waals surface area contributed by atoms with Gasteiger partial charge in [0.1, 0.15) is 5.75 Å². The summed E-state index contributed by atoms with van der Waals surface area (Å²) < 4.78 is 10.6. The maximum Gasteiger partial charge on any atom is 0.408 e. The number of amides is 2. The van der Waals surface area contributed by atoms with Gasteiger partial charge in [-0.05, 0) is 54.7 Å². The number of carbonyl (C=O) groups is 2. The summed E-state index contributed by atoms with van der Waals surface area (Å²) in [5, 5.41) is 4.17. The van der Waals surface area contributed by atoms with Gasteiger partial charge >= 0.3 is 6.09 Å². The molecule has 186 valence electrons. The number of para-hydroxylation sites is 1. The number of aromatic amines is 1. The summed E-state index contributed by atoms with van der Waals surface area (Å²) in [4.78, 5) is 27.7. The summed E-state index contributed by atoms with van der Waals surface area (Å²) in [5.41, 5.74) is 9.62. The summed E-state index contributed by atoms with van der Waals surface area (Å²) in [6.07, 6.45) is 1.54. The van der Waals surface area contributed by atoms with Crippen LogP contribution in [0.15, 0.2) is 85.1 Å². The van der Waals surface area contributed by atoms with Gasteiger partial charge < -0.3 is 25.5 Å². The molecular formula is C29H31N3O4. The molecule has 4 N–H and O–H groups in total. The molecule has 2 amide bonds. The van der Waals surface area contributed by atoms with Crippen LogP contribution in [0.4, 0.5) is 4.79 Å². The number of alkyl carbamates (subject to hydrolysis) is 1. The molecule has 4 rings (SSSR count). The van der Waals surface area contributed by atoms with Crippen molar-refractivity contribution in [2.24, 2.45) is 5.73 Å². The Morgan fingerprint density at radius 1 is 0.944 bits per heavy atom. The molecule has 1 heterocycles. The highest BCUT2D eigenvalue weighted by atomic mass is 16.6. The van der Waals surface area contributed by atoms with E-state index in [1.165, 1.54) is 6.92 Å². The Morgan fingerprint density at radius 2 is 1.64 bits per heavy atom. The topological polar surface area (TPSA) is 106 Å². The minimum absolute atomic E-state index is 0.105. The summed E-state index contributed by atoms with van der Waals surface area (Å²) in [5.74, 6) is -0.0473. The van der Waals surface area contributed by atoms with E-state index in [0.717, 1.165) is 33.3 Å². The van der Waals surface area contributed by atoms with Gasteiger partial charge in [0.15, 0.2) is 6.10 Å². The molecule has 0 aliphatic heterocycles. The number of fused-ring (bicyclic) bond motifs is 1. The standard InChI is InChI=1S/C29H31N3O4/c1-19(28(30)33)36-29(34)32-27(16-20-8-4-3-5-9-20)25(21-12-14-23(35-2)15-13-21)17-22-18-31-26-11-7-6-10-24(22)26/h3-15,18-19,25,27,31H,16-17H2,1-2H3,(H2,30,33)(H,32,34)/t19?,25-,27-/m1/s1. The molecule has 0 saturated carbocycles. The monoisotopic (exact) mass is 485 g/mol. The zero-order chi connectivity index (χ0) is 25.5. The van der Waals surface area contributed by atoms with E-state index in [9.17, 15) is 9.59 Å². The SMILES string of the molecule is COc1ccc([C@@H](Cc2c[nH]c3ccccc23)[C@@H](Cc2ccccc2)NC(=O)OC(C)C(N)=O)cc1. The number of hydrogen-bond acceptors (Lipinski definition) is 4. The third-order valence-corrected chi connectivity index (χ3v) is 6.43. The second-order valence-electron chi connectivity index (χ2n) is 8.83. The lowest BCUT2D eigenvalue weighted by atomic mass is 9.83. The summed E-state index contributed by atoms with van der Waals surface area (Å²) in [6, 6.07) is 25.7. The smallest absolute Gasteiger partial charge is 0.408 e. The summed E-state index contributed by atoms with van der Waals surface area (Å²) in [6.45, 7) is 1.46. The second-order valence-corrected chi connectivity index (χ2v) is 8.83. The van der Waals surface area contributed by atoms with Crippen LogP contribution < -0.4 is 15.8 Å². The quantitative estimate of drug-likeness (QED) is 0.302. The van der Waals surface area contributed by atoms with Crippen molar-refractivity contribution in [2.45, 2.75) is 37.8 Å². The maximum absolute atomic E-state index is 12.8. The first-order chi connectivity index (χ1) is 17.4. The number of H-pyrrole nitrogens is 1. The molecule has 7 heteroatoms. The molecular weight excluding hydrogens is 454 g/mol. The minimum Gasteiger partial charge on any atom is -0.497 e. The Bertz CT molecular complexity index is 1300. The number of nitrogens with two attached hydrogens (primary N) is 1.